The van der Waals surface area contributed by atoms with Gasteiger partial charge in [0, 0.05) is 31.7 Å². The number of carbonyl (C=O) groups is 1. The van der Waals surface area contributed by atoms with Crippen molar-refractivity contribution in [2.45, 2.75) is 31.8 Å². The van der Waals surface area contributed by atoms with Crippen LogP contribution in [-0.2, 0) is 0 Å². The van der Waals surface area contributed by atoms with Crippen molar-refractivity contribution in [3.63, 3.8) is 0 Å². The van der Waals surface area contributed by atoms with Crippen LogP contribution >= 0.6 is 12.4 Å². The second-order valence-electron chi connectivity index (χ2n) is 3.97. The molecular weight excluding hydrogens is 202 g/mol. The number of amides is 2. The third-order valence-electron chi connectivity index (χ3n) is 2.67. The Kier molecular flexibility index (Phi) is 4.01. The molecular formula is C9H18ClN3O. The molecule has 2 aliphatic rings. The Hall–Kier alpha value is -0.480. The van der Waals surface area contributed by atoms with Gasteiger partial charge in [0.2, 0.25) is 0 Å². The molecule has 1 saturated heterocycles. The van der Waals surface area contributed by atoms with Crippen molar-refractivity contribution in [2.75, 3.05) is 19.6 Å². The molecule has 2 fully saturated rings. The van der Waals surface area contributed by atoms with Gasteiger partial charge in [-0.15, -0.1) is 12.4 Å². The monoisotopic (exact) mass is 219 g/mol. The van der Waals surface area contributed by atoms with Gasteiger partial charge < -0.3 is 15.5 Å². The number of carbonyl (C=O) groups excluding carboxylic acids is 1. The average Bonchev–Trinajstić information content (AvgIpc) is 2.89. The fourth-order valence-corrected chi connectivity index (χ4v) is 1.63. The number of hydrogen-bond acceptors (Lipinski definition) is 2. The molecule has 1 aliphatic carbocycles. The largest absolute Gasteiger partial charge is 0.335 e. The second kappa shape index (κ2) is 4.84. The molecule has 82 valence electrons. The van der Waals surface area contributed by atoms with Gasteiger partial charge in [-0.25, -0.2) is 4.79 Å². The molecule has 2 N–H and O–H groups in total. The van der Waals surface area contributed by atoms with E-state index < -0.39 is 0 Å². The normalized spacial score (nSPS) is 26.6. The minimum Gasteiger partial charge on any atom is -0.335 e. The third-order valence-corrected chi connectivity index (χ3v) is 2.67. The molecule has 2 rings (SSSR count). The summed E-state index contributed by atoms with van der Waals surface area (Å²) in [6.07, 6.45) is 2.32. The Morgan fingerprint density at radius 1 is 1.50 bits per heavy atom. The highest BCUT2D eigenvalue weighted by molar-refractivity contribution is 5.85. The first-order valence-electron chi connectivity index (χ1n) is 5.05. The summed E-state index contributed by atoms with van der Waals surface area (Å²) < 4.78 is 0. The number of nitrogens with one attached hydrogen (secondary N) is 2. The van der Waals surface area contributed by atoms with E-state index in [0.29, 0.717) is 12.1 Å². The Labute approximate surface area is 90.8 Å². The van der Waals surface area contributed by atoms with Crippen molar-refractivity contribution in [2.24, 2.45) is 0 Å². The lowest BCUT2D eigenvalue weighted by molar-refractivity contribution is 0.164. The highest BCUT2D eigenvalue weighted by Crippen LogP contribution is 2.19. The first kappa shape index (κ1) is 11.6. The maximum atomic E-state index is 11.6. The van der Waals surface area contributed by atoms with Crippen molar-refractivity contribution < 1.29 is 4.79 Å². The smallest absolute Gasteiger partial charge is 0.317 e. The molecule has 0 aromatic rings. The first-order valence-corrected chi connectivity index (χ1v) is 5.05. The molecule has 1 atom stereocenters. The van der Waals surface area contributed by atoms with Crippen molar-refractivity contribution >= 4 is 18.4 Å². The van der Waals surface area contributed by atoms with E-state index >= 15 is 0 Å². The van der Waals surface area contributed by atoms with Crippen LogP contribution < -0.4 is 10.6 Å². The van der Waals surface area contributed by atoms with Gasteiger partial charge in [-0.3, -0.25) is 0 Å². The Morgan fingerprint density at radius 3 is 2.79 bits per heavy atom. The van der Waals surface area contributed by atoms with Gasteiger partial charge in [0.05, 0.1) is 0 Å². The van der Waals surface area contributed by atoms with Crippen LogP contribution in [0.3, 0.4) is 0 Å². The molecule has 5 heteroatoms. The van der Waals surface area contributed by atoms with Crippen LogP contribution in [-0.4, -0.2) is 42.6 Å². The van der Waals surface area contributed by atoms with E-state index in [4.69, 9.17) is 0 Å². The molecule has 4 nitrogen and oxygen atoms in total. The van der Waals surface area contributed by atoms with Gasteiger partial charge >= 0.3 is 6.03 Å². The fraction of sp³-hybridized carbons (Fsp3) is 0.889. The highest BCUT2D eigenvalue weighted by atomic mass is 35.5. The van der Waals surface area contributed by atoms with E-state index in [1.165, 1.54) is 0 Å². The van der Waals surface area contributed by atoms with E-state index in [0.717, 1.165) is 32.5 Å². The summed E-state index contributed by atoms with van der Waals surface area (Å²) in [5, 5.41) is 6.28. The zero-order valence-electron chi connectivity index (χ0n) is 8.45. The molecule has 2 amide bonds. The van der Waals surface area contributed by atoms with Crippen LogP contribution in [0, 0.1) is 0 Å². The predicted octanol–water partition coefficient (Wildman–Crippen LogP) is 0.574. The zero-order valence-corrected chi connectivity index (χ0v) is 9.27. The molecule has 1 unspecified atom stereocenters. The van der Waals surface area contributed by atoms with Crippen molar-refractivity contribution in [1.82, 2.24) is 15.5 Å². The molecule has 1 aliphatic heterocycles. The van der Waals surface area contributed by atoms with Crippen LogP contribution in [0.25, 0.3) is 0 Å². The second-order valence-corrected chi connectivity index (χ2v) is 3.97. The summed E-state index contributed by atoms with van der Waals surface area (Å²) in [6.45, 7) is 4.75. The van der Waals surface area contributed by atoms with Gasteiger partial charge in [-0.05, 0) is 19.8 Å². The van der Waals surface area contributed by atoms with Crippen LogP contribution in [0.1, 0.15) is 19.8 Å². The van der Waals surface area contributed by atoms with E-state index in [1.54, 1.807) is 0 Å². The van der Waals surface area contributed by atoms with Crippen LogP contribution in [0.2, 0.25) is 0 Å². The van der Waals surface area contributed by atoms with Crippen LogP contribution in [0.15, 0.2) is 0 Å². The Bertz CT molecular complexity index is 208. The summed E-state index contributed by atoms with van der Waals surface area (Å²) >= 11 is 0. The fourth-order valence-electron chi connectivity index (χ4n) is 1.63. The number of nitrogens with zero attached hydrogens (tertiary/aromatic N) is 1. The predicted molar refractivity (Wildman–Crippen MR) is 57.8 cm³/mol. The third kappa shape index (κ3) is 2.75. The quantitative estimate of drug-likeness (QED) is 0.678. The zero-order chi connectivity index (χ0) is 9.26. The minimum absolute atomic E-state index is 0. The summed E-state index contributed by atoms with van der Waals surface area (Å²) in [6, 6.07) is 0.915. The maximum absolute atomic E-state index is 11.6. The van der Waals surface area contributed by atoms with Gasteiger partial charge in [-0.2, -0.15) is 0 Å². The average molecular weight is 220 g/mol. The van der Waals surface area contributed by atoms with E-state index in [9.17, 15) is 4.79 Å². The summed E-state index contributed by atoms with van der Waals surface area (Å²) in [4.78, 5) is 13.6. The maximum Gasteiger partial charge on any atom is 0.317 e. The molecule has 1 saturated carbocycles. The van der Waals surface area contributed by atoms with E-state index in [2.05, 4.69) is 17.6 Å². The van der Waals surface area contributed by atoms with Crippen molar-refractivity contribution in [1.29, 1.82) is 0 Å². The number of halogens is 1. The van der Waals surface area contributed by atoms with Crippen molar-refractivity contribution in [3.8, 4) is 0 Å². The molecule has 14 heavy (non-hydrogen) atoms. The molecule has 0 bridgehead atoms. The lowest BCUT2D eigenvalue weighted by Gasteiger charge is -2.33. The van der Waals surface area contributed by atoms with E-state index in [-0.39, 0.29) is 18.4 Å². The summed E-state index contributed by atoms with van der Waals surface area (Å²) in [7, 11) is 0. The van der Waals surface area contributed by atoms with Gasteiger partial charge in [-0.1, -0.05) is 0 Å². The van der Waals surface area contributed by atoms with E-state index in [1.807, 2.05) is 4.90 Å². The number of piperazine rings is 1. The topological polar surface area (TPSA) is 44.4 Å². The molecule has 0 aromatic carbocycles. The Balaban J connectivity index is 0.000000980. The van der Waals surface area contributed by atoms with Crippen LogP contribution in [0.4, 0.5) is 4.79 Å². The number of hydrogen-bond donors (Lipinski definition) is 2. The minimum atomic E-state index is 0. The summed E-state index contributed by atoms with van der Waals surface area (Å²) in [5.74, 6) is 0. The van der Waals surface area contributed by atoms with Crippen molar-refractivity contribution in [3.05, 3.63) is 0 Å². The Morgan fingerprint density at radius 2 is 2.21 bits per heavy atom. The molecule has 1 heterocycles. The lowest BCUT2D eigenvalue weighted by Crippen LogP contribution is -2.55. The summed E-state index contributed by atoms with van der Waals surface area (Å²) in [5.41, 5.74) is 0. The first-order chi connectivity index (χ1) is 6.27. The van der Waals surface area contributed by atoms with Crippen LogP contribution in [0.5, 0.6) is 0 Å². The highest BCUT2D eigenvalue weighted by Gasteiger charge is 2.28. The van der Waals surface area contributed by atoms with Gasteiger partial charge in [0.1, 0.15) is 0 Å². The SMILES string of the molecule is CC1CNCCN1C(=O)NC1CC1.Cl. The van der Waals surface area contributed by atoms with Gasteiger partial charge in [0.15, 0.2) is 0 Å². The molecule has 0 aromatic heterocycles. The standard InChI is InChI=1S/C9H17N3O.ClH/c1-7-6-10-4-5-12(7)9(13)11-8-2-3-8;/h7-8,10H,2-6H2,1H3,(H,11,13);1H. The lowest BCUT2D eigenvalue weighted by atomic mass is 10.2. The molecule has 0 spiro atoms. The van der Waals surface area contributed by atoms with Gasteiger partial charge in [0.25, 0.3) is 0 Å². The molecule has 0 radical (unpaired) electrons. The number of urea groups is 1. The number of rotatable bonds is 1.